The van der Waals surface area contributed by atoms with E-state index in [-0.39, 0.29) is 24.4 Å². The summed E-state index contributed by atoms with van der Waals surface area (Å²) in [5.41, 5.74) is 0. The molecule has 0 aliphatic rings. The minimum absolute atomic E-state index is 0.00102. The van der Waals surface area contributed by atoms with Crippen molar-refractivity contribution >= 4 is 29.1 Å². The Morgan fingerprint density at radius 3 is 2.43 bits per heavy atom. The van der Waals surface area contributed by atoms with E-state index in [9.17, 15) is 14.4 Å². The number of carbonyl (C=O) groups is 3. The first-order chi connectivity index (χ1) is 9.88. The van der Waals surface area contributed by atoms with Crippen LogP contribution in [-0.2, 0) is 9.53 Å². The van der Waals surface area contributed by atoms with Crippen LogP contribution in [0.4, 0.5) is 0 Å². The Hall–Kier alpha value is -1.89. The molecular weight excluding hydrogens is 292 g/mol. The highest BCUT2D eigenvalue weighted by Crippen LogP contribution is 2.19. The van der Waals surface area contributed by atoms with Gasteiger partial charge in [0.25, 0.3) is 5.91 Å². The van der Waals surface area contributed by atoms with E-state index in [1.807, 2.05) is 13.8 Å². The number of nitrogens with one attached hydrogen (secondary N) is 1. The Bertz CT molecular complexity index is 525. The summed E-state index contributed by atoms with van der Waals surface area (Å²) >= 11 is 1.06. The lowest BCUT2D eigenvalue weighted by atomic mass is 10.3. The van der Waals surface area contributed by atoms with E-state index in [0.717, 1.165) is 11.3 Å². The van der Waals surface area contributed by atoms with Crippen LogP contribution in [0.1, 0.15) is 40.1 Å². The fourth-order valence-electron chi connectivity index (χ4n) is 1.69. The number of carbonyl (C=O) groups excluding carboxylic acids is 3. The number of ether oxygens (including phenoxy) is 1. The van der Waals surface area contributed by atoms with Gasteiger partial charge < -0.3 is 15.0 Å². The van der Waals surface area contributed by atoms with E-state index in [4.69, 9.17) is 0 Å². The molecule has 0 aliphatic heterocycles. The second kappa shape index (κ2) is 7.78. The summed E-state index contributed by atoms with van der Waals surface area (Å²) in [5.74, 6) is -0.943. The Labute approximate surface area is 128 Å². The smallest absolute Gasteiger partial charge is 0.348 e. The van der Waals surface area contributed by atoms with E-state index >= 15 is 0 Å². The summed E-state index contributed by atoms with van der Waals surface area (Å²) in [5, 5.41) is 2.74. The Kier molecular flexibility index (Phi) is 6.36. The maximum absolute atomic E-state index is 12.3. The molecular formula is C14H20N2O4S. The summed E-state index contributed by atoms with van der Waals surface area (Å²) in [6.45, 7) is 5.93. The van der Waals surface area contributed by atoms with Crippen molar-refractivity contribution in [1.82, 2.24) is 10.2 Å². The minimum Gasteiger partial charge on any atom is -0.465 e. The molecule has 116 valence electrons. The summed E-state index contributed by atoms with van der Waals surface area (Å²) < 4.78 is 4.61. The maximum atomic E-state index is 12.3. The molecule has 21 heavy (non-hydrogen) atoms. The first kappa shape index (κ1) is 17.2. The fourth-order valence-corrected chi connectivity index (χ4v) is 2.58. The molecule has 1 heterocycles. The number of amides is 2. The average molecular weight is 312 g/mol. The second-order valence-corrected chi connectivity index (χ2v) is 5.78. The third-order valence-corrected chi connectivity index (χ3v) is 3.71. The lowest BCUT2D eigenvalue weighted by Crippen LogP contribution is -2.42. The summed E-state index contributed by atoms with van der Waals surface area (Å²) in [4.78, 5) is 37.7. The van der Waals surface area contributed by atoms with E-state index in [1.54, 1.807) is 19.1 Å². The van der Waals surface area contributed by atoms with Crippen LogP contribution in [0.2, 0.25) is 0 Å². The highest BCUT2D eigenvalue weighted by Gasteiger charge is 2.20. The standard InChI is InChI=1S/C14H20N2O4S/c1-5-16(8-12(17)15-9(2)3)13(18)10-6-7-11(21-10)14(19)20-4/h6-7,9H,5,8H2,1-4H3,(H,15,17). The van der Waals surface area contributed by atoms with Crippen LogP contribution in [0.3, 0.4) is 0 Å². The number of hydrogen-bond donors (Lipinski definition) is 1. The van der Waals surface area contributed by atoms with Gasteiger partial charge in [-0.25, -0.2) is 4.79 Å². The molecule has 1 aromatic heterocycles. The van der Waals surface area contributed by atoms with Crippen molar-refractivity contribution in [3.8, 4) is 0 Å². The largest absolute Gasteiger partial charge is 0.465 e. The summed E-state index contributed by atoms with van der Waals surface area (Å²) in [6, 6.07) is 3.15. The molecule has 0 spiro atoms. The lowest BCUT2D eigenvalue weighted by molar-refractivity contribution is -0.122. The number of hydrogen-bond acceptors (Lipinski definition) is 5. The van der Waals surface area contributed by atoms with E-state index in [1.165, 1.54) is 12.0 Å². The zero-order chi connectivity index (χ0) is 16.0. The van der Waals surface area contributed by atoms with Gasteiger partial charge in [0, 0.05) is 12.6 Å². The molecule has 6 nitrogen and oxygen atoms in total. The zero-order valence-electron chi connectivity index (χ0n) is 12.6. The van der Waals surface area contributed by atoms with E-state index in [2.05, 4.69) is 10.1 Å². The van der Waals surface area contributed by atoms with Crippen molar-refractivity contribution in [3.05, 3.63) is 21.9 Å². The van der Waals surface area contributed by atoms with Crippen molar-refractivity contribution < 1.29 is 19.1 Å². The number of methoxy groups -OCH3 is 1. The molecule has 0 atom stereocenters. The molecule has 1 rings (SSSR count). The topological polar surface area (TPSA) is 75.7 Å². The molecule has 0 aromatic carbocycles. The van der Waals surface area contributed by atoms with Crippen LogP contribution >= 0.6 is 11.3 Å². The third-order valence-electron chi connectivity index (χ3n) is 2.66. The van der Waals surface area contributed by atoms with Gasteiger partial charge in [-0.3, -0.25) is 9.59 Å². The van der Waals surface area contributed by atoms with Crippen LogP contribution in [0.5, 0.6) is 0 Å². The van der Waals surface area contributed by atoms with Gasteiger partial charge in [-0.1, -0.05) is 0 Å². The lowest BCUT2D eigenvalue weighted by Gasteiger charge is -2.20. The van der Waals surface area contributed by atoms with Crippen molar-refractivity contribution in [3.63, 3.8) is 0 Å². The molecule has 0 aliphatic carbocycles. The quantitative estimate of drug-likeness (QED) is 0.808. The number of thiophene rings is 1. The highest BCUT2D eigenvalue weighted by molar-refractivity contribution is 7.15. The van der Waals surface area contributed by atoms with Gasteiger partial charge in [0.05, 0.1) is 18.5 Å². The first-order valence-electron chi connectivity index (χ1n) is 6.65. The van der Waals surface area contributed by atoms with Gasteiger partial charge in [0.15, 0.2) is 0 Å². The first-order valence-corrected chi connectivity index (χ1v) is 7.47. The molecule has 1 N–H and O–H groups in total. The van der Waals surface area contributed by atoms with Gasteiger partial charge in [0.2, 0.25) is 5.91 Å². The second-order valence-electron chi connectivity index (χ2n) is 4.70. The van der Waals surface area contributed by atoms with Crippen molar-refractivity contribution in [1.29, 1.82) is 0 Å². The van der Waals surface area contributed by atoms with E-state index in [0.29, 0.717) is 16.3 Å². The van der Waals surface area contributed by atoms with Crippen LogP contribution in [-0.4, -0.2) is 48.9 Å². The van der Waals surface area contributed by atoms with Gasteiger partial charge in [-0.2, -0.15) is 0 Å². The Morgan fingerprint density at radius 1 is 1.29 bits per heavy atom. The van der Waals surface area contributed by atoms with Crippen LogP contribution in [0, 0.1) is 0 Å². The third kappa shape index (κ3) is 4.86. The zero-order valence-corrected chi connectivity index (χ0v) is 13.5. The average Bonchev–Trinajstić information content (AvgIpc) is 2.92. The number of rotatable bonds is 6. The monoisotopic (exact) mass is 312 g/mol. The van der Waals surface area contributed by atoms with Gasteiger partial charge >= 0.3 is 5.97 Å². The molecule has 7 heteroatoms. The molecule has 0 saturated carbocycles. The summed E-state index contributed by atoms with van der Waals surface area (Å²) in [7, 11) is 1.29. The number of likely N-dealkylation sites (N-methyl/N-ethyl adjacent to an activating group) is 1. The molecule has 2 amide bonds. The molecule has 1 aromatic rings. The highest BCUT2D eigenvalue weighted by atomic mass is 32.1. The maximum Gasteiger partial charge on any atom is 0.348 e. The molecule has 0 fully saturated rings. The van der Waals surface area contributed by atoms with Crippen LogP contribution in [0.25, 0.3) is 0 Å². The number of esters is 1. The van der Waals surface area contributed by atoms with Gasteiger partial charge in [0.1, 0.15) is 4.88 Å². The molecule has 0 unspecified atom stereocenters. The minimum atomic E-state index is -0.473. The van der Waals surface area contributed by atoms with Crippen molar-refractivity contribution in [2.45, 2.75) is 26.8 Å². The molecule has 0 bridgehead atoms. The normalized spacial score (nSPS) is 10.3. The van der Waals surface area contributed by atoms with Gasteiger partial charge in [-0.05, 0) is 32.9 Å². The van der Waals surface area contributed by atoms with Gasteiger partial charge in [-0.15, -0.1) is 11.3 Å². The molecule has 0 saturated heterocycles. The van der Waals surface area contributed by atoms with Crippen molar-refractivity contribution in [2.75, 3.05) is 20.2 Å². The predicted octanol–water partition coefficient (Wildman–Crippen LogP) is 1.52. The Balaban J connectivity index is 2.77. The van der Waals surface area contributed by atoms with Crippen LogP contribution in [0.15, 0.2) is 12.1 Å². The van der Waals surface area contributed by atoms with Crippen LogP contribution < -0.4 is 5.32 Å². The predicted molar refractivity (Wildman–Crippen MR) is 80.5 cm³/mol. The van der Waals surface area contributed by atoms with Crippen molar-refractivity contribution in [2.24, 2.45) is 0 Å². The Morgan fingerprint density at radius 2 is 1.90 bits per heavy atom. The SMILES string of the molecule is CCN(CC(=O)NC(C)C)C(=O)c1ccc(C(=O)OC)s1. The fraction of sp³-hybridized carbons (Fsp3) is 0.500. The summed E-state index contributed by atoms with van der Waals surface area (Å²) in [6.07, 6.45) is 0. The van der Waals surface area contributed by atoms with E-state index < -0.39 is 5.97 Å². The number of nitrogens with zero attached hydrogens (tertiary/aromatic N) is 1. The molecule has 0 radical (unpaired) electrons.